The number of carbonyl (C=O) groups excluding carboxylic acids is 3. The molecular weight excluding hydrogens is 1640 g/mol. The molecule has 2 unspecified atom stereocenters. The SMILES string of the molecule is C.CC(=O)C1CC1C.CC(=O)c1ccnc(C)c1.CCCc1cc(C)nc(C)n1.CCc1ccc(C)nc1.COC(=O)c1ccc(C)nc1.COc1cc(C)nc(C)n1.Cc1cc(C(C)(F)F)ccn1.Cc1cc(C)c(C#N)cn1.Cc1cc(C)c(C)nn1.Cc1cc(OC(C)C)nc(C)n1.Cc1ccc(N2CCCCC2)cn1.Cc1cccc(C)n1.Cc1csc(C)n1. The summed E-state index contributed by atoms with van der Waals surface area (Å²) in [6.45, 7) is 55.6. The molecule has 14 rings (SSSR count). The Labute approximate surface area is 771 Å². The number of aromatic nitrogens is 16. The molecule has 2 aliphatic rings. The number of ether oxygens (including phenoxy) is 3. The number of halogens is 2. The third kappa shape index (κ3) is 51.8. The maximum Gasteiger partial charge on any atom is 0.339 e. The van der Waals surface area contributed by atoms with Gasteiger partial charge >= 0.3 is 5.97 Å². The number of hydrogen-bond donors (Lipinski definition) is 0. The highest BCUT2D eigenvalue weighted by Gasteiger charge is 2.36. The number of pyridine rings is 7. The molecule has 0 spiro atoms. The van der Waals surface area contributed by atoms with E-state index in [1.54, 1.807) is 81.9 Å². The Morgan fingerprint density at radius 3 is 1.42 bits per heavy atom. The van der Waals surface area contributed by atoms with Crippen LogP contribution in [0.5, 0.6) is 11.8 Å². The van der Waals surface area contributed by atoms with Gasteiger partial charge in [0, 0.05) is 160 Å². The van der Waals surface area contributed by atoms with Crippen molar-refractivity contribution in [2.45, 2.75) is 258 Å². The van der Waals surface area contributed by atoms with Crippen LogP contribution in [0, 0.1) is 162 Å². The molecule has 129 heavy (non-hydrogen) atoms. The van der Waals surface area contributed by atoms with Crippen LogP contribution in [0.25, 0.3) is 0 Å². The molecule has 2 atom stereocenters. The highest BCUT2D eigenvalue weighted by molar-refractivity contribution is 7.09. The summed E-state index contributed by atoms with van der Waals surface area (Å²) < 4.78 is 40.1. The number of aryl methyl sites for hydroxylation is 22. The average Bonchev–Trinajstić information content (AvgIpc) is 1.69. The second kappa shape index (κ2) is 61.9. The maximum absolute atomic E-state index is 12.6. The topological polar surface area (TPSA) is 312 Å². The number of nitrogens with zero attached hydrogens (tertiary/aromatic N) is 18. The first-order valence-electron chi connectivity index (χ1n) is 42.8. The summed E-state index contributed by atoms with van der Waals surface area (Å²) in [5.41, 5.74) is 21.6. The van der Waals surface area contributed by atoms with Crippen LogP contribution in [-0.4, -0.2) is 131 Å². The quantitative estimate of drug-likeness (QED) is 0.0858. The van der Waals surface area contributed by atoms with Gasteiger partial charge in [0.1, 0.15) is 29.3 Å². The Morgan fingerprint density at radius 1 is 0.527 bits per heavy atom. The van der Waals surface area contributed by atoms with Crippen molar-refractivity contribution in [3.63, 3.8) is 0 Å². The first kappa shape index (κ1) is 115. The smallest absolute Gasteiger partial charge is 0.339 e. The molecule has 0 radical (unpaired) electrons. The molecular formula is C102H140F2N18O6S. The Kier molecular flexibility index (Phi) is 55.0. The molecule has 0 amide bonds. The number of esters is 1. The van der Waals surface area contributed by atoms with Crippen molar-refractivity contribution in [1.29, 1.82) is 5.26 Å². The van der Waals surface area contributed by atoms with Crippen LogP contribution in [0.4, 0.5) is 14.5 Å². The molecule has 1 saturated heterocycles. The minimum atomic E-state index is -2.76. The Balaban J connectivity index is 0.000000700. The van der Waals surface area contributed by atoms with Gasteiger partial charge in [0.15, 0.2) is 5.78 Å². The number of anilines is 1. The fraction of sp³-hybridized carbons (Fsp3) is 0.431. The number of piperidine rings is 1. The lowest BCUT2D eigenvalue weighted by Gasteiger charge is -2.28. The molecule has 24 nitrogen and oxygen atoms in total. The van der Waals surface area contributed by atoms with Crippen LogP contribution in [0.3, 0.4) is 0 Å². The summed E-state index contributed by atoms with van der Waals surface area (Å²) >= 11 is 1.69. The van der Waals surface area contributed by atoms with E-state index < -0.39 is 5.92 Å². The predicted molar refractivity (Wildman–Crippen MR) is 517 cm³/mol. The number of thiazole rings is 1. The van der Waals surface area contributed by atoms with Gasteiger partial charge in [0.2, 0.25) is 11.8 Å². The van der Waals surface area contributed by atoms with Gasteiger partial charge in [-0.05, 0) is 312 Å². The lowest BCUT2D eigenvalue weighted by atomic mass is 10.1. The van der Waals surface area contributed by atoms with E-state index in [2.05, 4.69) is 146 Å². The third-order valence-corrected chi connectivity index (χ3v) is 19.0. The van der Waals surface area contributed by atoms with Crippen molar-refractivity contribution in [3.05, 3.63) is 299 Å². The van der Waals surface area contributed by atoms with E-state index in [1.807, 2.05) is 200 Å². The minimum absolute atomic E-state index is 0. The molecule has 694 valence electrons. The van der Waals surface area contributed by atoms with E-state index >= 15 is 0 Å². The Bertz CT molecular complexity index is 5220. The van der Waals surface area contributed by atoms with E-state index in [4.69, 9.17) is 14.7 Å². The van der Waals surface area contributed by atoms with Crippen molar-refractivity contribution < 1.29 is 37.4 Å². The summed E-state index contributed by atoms with van der Waals surface area (Å²) in [7, 11) is 2.95. The third-order valence-electron chi connectivity index (χ3n) is 18.1. The Morgan fingerprint density at radius 2 is 1.05 bits per heavy atom. The lowest BCUT2D eigenvalue weighted by Crippen LogP contribution is -2.29. The normalized spacial score (nSPS) is 12.0. The molecule has 0 bridgehead atoms. The molecule has 12 aromatic rings. The molecule has 27 heteroatoms. The zero-order chi connectivity index (χ0) is 96.2. The van der Waals surface area contributed by atoms with Crippen LogP contribution >= 0.6 is 11.3 Å². The van der Waals surface area contributed by atoms with Crippen LogP contribution in [-0.2, 0) is 28.3 Å². The molecule has 13 heterocycles. The highest BCUT2D eigenvalue weighted by Crippen LogP contribution is 2.38. The minimum Gasteiger partial charge on any atom is -0.481 e. The van der Waals surface area contributed by atoms with E-state index in [9.17, 15) is 23.2 Å². The van der Waals surface area contributed by atoms with Crippen molar-refractivity contribution >= 4 is 34.6 Å². The summed E-state index contributed by atoms with van der Waals surface area (Å²) in [5, 5.41) is 19.5. The van der Waals surface area contributed by atoms with Gasteiger partial charge in [-0.2, -0.15) is 25.4 Å². The summed E-state index contributed by atoms with van der Waals surface area (Å²) in [6, 6.07) is 35.8. The van der Waals surface area contributed by atoms with Gasteiger partial charge < -0.3 is 19.1 Å². The second-order valence-electron chi connectivity index (χ2n) is 31.2. The van der Waals surface area contributed by atoms with Gasteiger partial charge in [0.25, 0.3) is 5.92 Å². The van der Waals surface area contributed by atoms with Crippen molar-refractivity contribution in [2.75, 3.05) is 32.2 Å². The Hall–Kier alpha value is -12.4. The van der Waals surface area contributed by atoms with Gasteiger partial charge in [0.05, 0.1) is 59.7 Å². The van der Waals surface area contributed by atoms with Crippen LogP contribution < -0.4 is 14.4 Å². The van der Waals surface area contributed by atoms with Crippen LogP contribution in [0.1, 0.15) is 251 Å². The number of carbonyl (C=O) groups is 3. The number of nitriles is 1. The summed E-state index contributed by atoms with van der Waals surface area (Å²) in [6.07, 6.45) is 18.7. The predicted octanol–water partition coefficient (Wildman–Crippen LogP) is 22.9. The van der Waals surface area contributed by atoms with E-state index in [-0.39, 0.29) is 30.8 Å². The lowest BCUT2D eigenvalue weighted by molar-refractivity contribution is -0.118. The molecule has 1 saturated carbocycles. The van der Waals surface area contributed by atoms with Crippen molar-refractivity contribution in [2.24, 2.45) is 11.8 Å². The zero-order valence-corrected chi connectivity index (χ0v) is 82.0. The van der Waals surface area contributed by atoms with E-state index in [0.29, 0.717) is 46.2 Å². The second-order valence-corrected chi connectivity index (χ2v) is 32.2. The number of hydrogen-bond acceptors (Lipinski definition) is 25. The fourth-order valence-electron chi connectivity index (χ4n) is 11.3. The van der Waals surface area contributed by atoms with E-state index in [0.717, 1.165) is 146 Å². The first-order chi connectivity index (χ1) is 60.4. The van der Waals surface area contributed by atoms with Crippen LogP contribution in [0.2, 0.25) is 0 Å². The number of methoxy groups -OCH3 is 2. The molecule has 1 aliphatic heterocycles. The number of ketones is 2. The van der Waals surface area contributed by atoms with Crippen molar-refractivity contribution in [1.82, 2.24) is 80.0 Å². The van der Waals surface area contributed by atoms with Gasteiger partial charge in [-0.1, -0.05) is 46.8 Å². The standard InChI is InChI=1S/C11H16N2.C9H14N2O.C9H14N2.C8H9F2N.C8H8N2.C8H9NO2.C8H9NO.C8H11N.C7H10N2O.C7H10N2.C7H9N.C6H10O.C5H7NS.CH4/c1-10-5-6-11(9-12-10)13-7-3-2-4-8-13;1-6(2)12-9-5-7(3)10-8(4)11-9;1-4-5-9-6-7(2)10-8(3)11-9;1-6-5-7(3-4-11-6)8(2,9)10;1-6-3-7(2)10-5-8(6)4-9;1-6-3-4-7(5-9-6)8(10)11-2;1-6-5-8(7(2)10)3-4-9-6;1-3-8-5-4-7(2)9-6-8;1-5-4-7(10-3)9-6(2)8-5;1-5-4-6(2)8-9-7(5)3;1-6-4-3-5-7(2)8-6;1-4-3-6(4)5(2)7;1-4-3-7-5(2)6-4;/h5-6,9H,2-4,7-8H2,1H3;5-6H,1-4H3;6H,4-5H2,1-3H3;3-5H,1-2H3;3,5H,1-2H3;3-5H,1-2H3;3-5H,1-2H3;4-6H,3H2,1-2H3;4H,1-3H3;4H,1-3H3;3-5H,1-2H3;4,6H,3H2,1-2H3;3H,1-2H3;1H4. The average molecular weight is 1780 g/mol. The molecule has 0 aromatic carbocycles. The summed E-state index contributed by atoms with van der Waals surface area (Å²) in [5.74, 6) is 2.15. The van der Waals surface area contributed by atoms with Gasteiger partial charge in [-0.15, -0.1) is 11.3 Å². The fourth-order valence-corrected chi connectivity index (χ4v) is 11.9. The van der Waals surface area contributed by atoms with Crippen LogP contribution in [0.15, 0.2) is 152 Å². The van der Waals surface area contributed by atoms with Gasteiger partial charge in [-0.25, -0.2) is 38.5 Å². The van der Waals surface area contributed by atoms with Gasteiger partial charge in [-0.3, -0.25) is 44.5 Å². The molecule has 0 N–H and O–H groups in total. The van der Waals surface area contributed by atoms with Crippen molar-refractivity contribution in [3.8, 4) is 17.8 Å². The maximum atomic E-state index is 12.6. The molecule has 12 aromatic heterocycles. The molecule has 1 aliphatic carbocycles. The largest absolute Gasteiger partial charge is 0.481 e. The number of alkyl halides is 2. The summed E-state index contributed by atoms with van der Waals surface area (Å²) in [4.78, 5) is 91.9. The molecule has 2 fully saturated rings. The monoisotopic (exact) mass is 1780 g/mol. The first-order valence-corrected chi connectivity index (χ1v) is 43.7. The highest BCUT2D eigenvalue weighted by atomic mass is 32.1. The zero-order valence-electron chi connectivity index (χ0n) is 81.2. The number of Topliss-reactive ketones (excluding diaryl/α,β-unsaturated/α-hetero) is 2. The number of rotatable bonds is 11. The van der Waals surface area contributed by atoms with E-state index in [1.165, 1.54) is 80.8 Å².